The van der Waals surface area contributed by atoms with Crippen LogP contribution in [0.3, 0.4) is 0 Å². The highest BCUT2D eigenvalue weighted by Gasteiger charge is 2.06. The van der Waals surface area contributed by atoms with Crippen molar-refractivity contribution in [2.24, 2.45) is 0 Å². The van der Waals surface area contributed by atoms with Gasteiger partial charge in [0.2, 0.25) is 0 Å². The summed E-state index contributed by atoms with van der Waals surface area (Å²) >= 11 is 6.15. The summed E-state index contributed by atoms with van der Waals surface area (Å²) in [6, 6.07) is 11.5. The molecule has 2 aromatic rings. The molecule has 0 saturated heterocycles. The highest BCUT2D eigenvalue weighted by atomic mass is 35.5. The summed E-state index contributed by atoms with van der Waals surface area (Å²) in [5.41, 5.74) is 1.97. The SMILES string of the molecule is COc1cccc(Cl)c1CNCc1ccccn1. The van der Waals surface area contributed by atoms with Crippen molar-refractivity contribution in [1.82, 2.24) is 10.3 Å². The third-order valence-electron chi connectivity index (χ3n) is 2.63. The molecule has 1 aromatic heterocycles. The Morgan fingerprint density at radius 1 is 1.17 bits per heavy atom. The molecule has 0 radical (unpaired) electrons. The van der Waals surface area contributed by atoms with Crippen molar-refractivity contribution in [2.75, 3.05) is 7.11 Å². The smallest absolute Gasteiger partial charge is 0.124 e. The summed E-state index contributed by atoms with van der Waals surface area (Å²) in [4.78, 5) is 4.25. The zero-order valence-corrected chi connectivity index (χ0v) is 10.9. The fourth-order valence-electron chi connectivity index (χ4n) is 1.72. The largest absolute Gasteiger partial charge is 0.496 e. The van der Waals surface area contributed by atoms with Crippen LogP contribution in [0.1, 0.15) is 11.3 Å². The zero-order chi connectivity index (χ0) is 12.8. The maximum absolute atomic E-state index is 6.15. The average Bonchev–Trinajstić information content (AvgIpc) is 2.41. The molecular formula is C14H15ClN2O. The normalized spacial score (nSPS) is 10.3. The number of aromatic nitrogens is 1. The van der Waals surface area contributed by atoms with Gasteiger partial charge in [-0.3, -0.25) is 4.98 Å². The van der Waals surface area contributed by atoms with E-state index in [-0.39, 0.29) is 0 Å². The van der Waals surface area contributed by atoms with Crippen molar-refractivity contribution in [3.05, 3.63) is 58.9 Å². The third-order valence-corrected chi connectivity index (χ3v) is 2.98. The molecule has 0 saturated carbocycles. The lowest BCUT2D eigenvalue weighted by Crippen LogP contribution is -2.14. The first-order valence-corrected chi connectivity index (χ1v) is 6.11. The number of benzene rings is 1. The Morgan fingerprint density at radius 2 is 2.06 bits per heavy atom. The van der Waals surface area contributed by atoms with Gasteiger partial charge < -0.3 is 10.1 Å². The van der Waals surface area contributed by atoms with Crippen molar-refractivity contribution in [3.63, 3.8) is 0 Å². The molecule has 1 heterocycles. The molecule has 1 aromatic carbocycles. The number of rotatable bonds is 5. The number of nitrogens with one attached hydrogen (secondary N) is 1. The minimum Gasteiger partial charge on any atom is -0.496 e. The number of halogens is 1. The van der Waals surface area contributed by atoms with E-state index in [0.717, 1.165) is 17.0 Å². The van der Waals surface area contributed by atoms with E-state index >= 15 is 0 Å². The molecule has 1 N–H and O–H groups in total. The fraction of sp³-hybridized carbons (Fsp3) is 0.214. The molecule has 2 rings (SSSR count). The zero-order valence-electron chi connectivity index (χ0n) is 10.2. The molecule has 0 aliphatic carbocycles. The number of nitrogens with zero attached hydrogens (tertiary/aromatic N) is 1. The molecule has 0 aliphatic rings. The van der Waals surface area contributed by atoms with Crippen LogP contribution in [-0.4, -0.2) is 12.1 Å². The molecular weight excluding hydrogens is 248 g/mol. The summed E-state index contributed by atoms with van der Waals surface area (Å²) in [6.45, 7) is 1.36. The third kappa shape index (κ3) is 3.22. The predicted octanol–water partition coefficient (Wildman–Crippen LogP) is 3.03. The molecule has 4 heteroatoms. The highest BCUT2D eigenvalue weighted by molar-refractivity contribution is 6.31. The Bertz CT molecular complexity index is 502. The van der Waals surface area contributed by atoms with E-state index in [2.05, 4.69) is 10.3 Å². The highest BCUT2D eigenvalue weighted by Crippen LogP contribution is 2.25. The van der Waals surface area contributed by atoms with Crippen molar-refractivity contribution in [1.29, 1.82) is 0 Å². The molecule has 0 unspecified atom stereocenters. The van der Waals surface area contributed by atoms with Gasteiger partial charge in [0.1, 0.15) is 5.75 Å². The van der Waals surface area contributed by atoms with Crippen LogP contribution in [0.15, 0.2) is 42.6 Å². The van der Waals surface area contributed by atoms with Gasteiger partial charge in [0, 0.05) is 29.9 Å². The van der Waals surface area contributed by atoms with Gasteiger partial charge in [-0.05, 0) is 24.3 Å². The Labute approximate surface area is 112 Å². The molecule has 0 amide bonds. The second-order valence-corrected chi connectivity index (χ2v) is 4.25. The first kappa shape index (κ1) is 12.9. The van der Waals surface area contributed by atoms with Crippen LogP contribution >= 0.6 is 11.6 Å². The lowest BCUT2D eigenvalue weighted by Gasteiger charge is -2.11. The first-order valence-electron chi connectivity index (χ1n) is 5.73. The van der Waals surface area contributed by atoms with Gasteiger partial charge in [-0.15, -0.1) is 0 Å². The van der Waals surface area contributed by atoms with E-state index in [1.165, 1.54) is 0 Å². The number of hydrogen-bond acceptors (Lipinski definition) is 3. The molecule has 3 nitrogen and oxygen atoms in total. The molecule has 18 heavy (non-hydrogen) atoms. The Hall–Kier alpha value is -1.58. The van der Waals surface area contributed by atoms with E-state index in [0.29, 0.717) is 18.1 Å². The van der Waals surface area contributed by atoms with Crippen LogP contribution in [0.25, 0.3) is 0 Å². The van der Waals surface area contributed by atoms with E-state index < -0.39 is 0 Å². The number of ether oxygens (including phenoxy) is 1. The summed E-state index contributed by atoms with van der Waals surface area (Å²) < 4.78 is 5.29. The number of hydrogen-bond donors (Lipinski definition) is 1. The molecule has 0 fully saturated rings. The maximum Gasteiger partial charge on any atom is 0.124 e. The van der Waals surface area contributed by atoms with Crippen molar-refractivity contribution < 1.29 is 4.74 Å². The second kappa shape index (κ2) is 6.38. The minimum atomic E-state index is 0.652. The first-order chi connectivity index (χ1) is 8.81. The maximum atomic E-state index is 6.15. The monoisotopic (exact) mass is 262 g/mol. The van der Waals surface area contributed by atoms with Gasteiger partial charge in [0.25, 0.3) is 0 Å². The standard InChI is InChI=1S/C14H15ClN2O/c1-18-14-7-4-6-13(15)12(14)10-16-9-11-5-2-3-8-17-11/h2-8,16H,9-10H2,1H3. The lowest BCUT2D eigenvalue weighted by molar-refractivity contribution is 0.407. The second-order valence-electron chi connectivity index (χ2n) is 3.85. The van der Waals surface area contributed by atoms with Crippen LogP contribution in [0, 0.1) is 0 Å². The van der Waals surface area contributed by atoms with Gasteiger partial charge in [-0.25, -0.2) is 0 Å². The van der Waals surface area contributed by atoms with Crippen LogP contribution in [0.2, 0.25) is 5.02 Å². The fourth-order valence-corrected chi connectivity index (χ4v) is 1.95. The molecule has 0 aliphatic heterocycles. The van der Waals surface area contributed by atoms with Crippen LogP contribution < -0.4 is 10.1 Å². The summed E-state index contributed by atoms with van der Waals surface area (Å²) in [7, 11) is 1.65. The van der Waals surface area contributed by atoms with E-state index in [1.807, 2.05) is 36.4 Å². The number of pyridine rings is 1. The van der Waals surface area contributed by atoms with Gasteiger partial charge in [0.15, 0.2) is 0 Å². The summed E-state index contributed by atoms with van der Waals surface area (Å²) in [5, 5.41) is 4.02. The molecule has 94 valence electrons. The average molecular weight is 263 g/mol. The van der Waals surface area contributed by atoms with Gasteiger partial charge in [-0.2, -0.15) is 0 Å². The topological polar surface area (TPSA) is 34.1 Å². The summed E-state index contributed by atoms with van der Waals surface area (Å²) in [5.74, 6) is 0.802. The summed E-state index contributed by atoms with van der Waals surface area (Å²) in [6.07, 6.45) is 1.78. The quantitative estimate of drug-likeness (QED) is 0.899. The van der Waals surface area contributed by atoms with E-state index in [4.69, 9.17) is 16.3 Å². The van der Waals surface area contributed by atoms with Gasteiger partial charge >= 0.3 is 0 Å². The van der Waals surface area contributed by atoms with Crippen LogP contribution in [0.4, 0.5) is 0 Å². The van der Waals surface area contributed by atoms with Crippen LogP contribution in [-0.2, 0) is 13.1 Å². The number of methoxy groups -OCH3 is 1. The lowest BCUT2D eigenvalue weighted by atomic mass is 10.2. The Balaban J connectivity index is 1.98. The Morgan fingerprint density at radius 3 is 2.78 bits per heavy atom. The molecule has 0 spiro atoms. The minimum absolute atomic E-state index is 0.652. The van der Waals surface area contributed by atoms with E-state index in [1.54, 1.807) is 13.3 Å². The van der Waals surface area contributed by atoms with Gasteiger partial charge in [0.05, 0.1) is 12.8 Å². The Kier molecular flexibility index (Phi) is 4.56. The van der Waals surface area contributed by atoms with Gasteiger partial charge in [-0.1, -0.05) is 23.7 Å². The van der Waals surface area contributed by atoms with E-state index in [9.17, 15) is 0 Å². The van der Waals surface area contributed by atoms with Crippen molar-refractivity contribution >= 4 is 11.6 Å². The molecule has 0 bridgehead atoms. The van der Waals surface area contributed by atoms with Crippen molar-refractivity contribution in [3.8, 4) is 5.75 Å². The molecule has 0 atom stereocenters. The van der Waals surface area contributed by atoms with Crippen molar-refractivity contribution in [2.45, 2.75) is 13.1 Å². The van der Waals surface area contributed by atoms with Crippen LogP contribution in [0.5, 0.6) is 5.75 Å². The predicted molar refractivity (Wildman–Crippen MR) is 72.8 cm³/mol.